The monoisotopic (exact) mass is 413 g/mol. The fraction of sp³-hybridized carbons (Fsp3) is 0.167. The number of Topliss-reactive ketones (excluding diaryl/α,β-unsaturated/α-hetero) is 3. The first kappa shape index (κ1) is 21.2. The zero-order valence-electron chi connectivity index (χ0n) is 14.1. The molecule has 0 saturated heterocycles. The Morgan fingerprint density at radius 3 is 2.07 bits per heavy atom. The van der Waals surface area contributed by atoms with Gasteiger partial charge < -0.3 is 0 Å². The number of halogens is 4. The molecule has 2 aromatic carbocycles. The number of carbonyl (C=O) groups is 3. The Morgan fingerprint density at radius 1 is 1.04 bits per heavy atom. The lowest BCUT2D eigenvalue weighted by Crippen LogP contribution is -2.31. The minimum Gasteiger partial charge on any atom is -0.299 e. The van der Waals surface area contributed by atoms with Crippen LogP contribution in [-0.2, 0) is 11.0 Å². The molecule has 1 unspecified atom stereocenters. The highest BCUT2D eigenvalue weighted by Crippen LogP contribution is 2.38. The molecule has 1 atom stereocenters. The molecule has 0 fully saturated rings. The second kappa shape index (κ2) is 7.89. The summed E-state index contributed by atoms with van der Waals surface area (Å²) < 4.78 is 39.3. The van der Waals surface area contributed by atoms with Gasteiger partial charge >= 0.3 is 6.18 Å². The van der Waals surface area contributed by atoms with Gasteiger partial charge in [-0.05, 0) is 43.3 Å². The van der Waals surface area contributed by atoms with E-state index in [0.717, 1.165) is 19.1 Å². The van der Waals surface area contributed by atoms with E-state index in [0.29, 0.717) is 6.07 Å². The van der Waals surface area contributed by atoms with Crippen molar-refractivity contribution in [2.75, 3.05) is 0 Å². The normalized spacial score (nSPS) is 12.3. The van der Waals surface area contributed by atoms with E-state index in [1.165, 1.54) is 24.3 Å². The van der Waals surface area contributed by atoms with Crippen molar-refractivity contribution in [2.45, 2.75) is 13.1 Å². The maximum atomic E-state index is 13.1. The van der Waals surface area contributed by atoms with Gasteiger partial charge in [0.1, 0.15) is 17.3 Å². The Bertz CT molecular complexity index is 970. The van der Waals surface area contributed by atoms with Crippen LogP contribution in [0.1, 0.15) is 33.2 Å². The average molecular weight is 414 g/mol. The molecule has 0 aliphatic rings. The van der Waals surface area contributed by atoms with Crippen molar-refractivity contribution in [2.24, 2.45) is 5.92 Å². The molecule has 0 bridgehead atoms. The third-order valence-corrected chi connectivity index (χ3v) is 4.10. The third kappa shape index (κ3) is 4.25. The van der Waals surface area contributed by atoms with Crippen LogP contribution in [0.3, 0.4) is 0 Å². The molecule has 146 valence electrons. The van der Waals surface area contributed by atoms with Crippen LogP contribution in [0.4, 0.5) is 18.9 Å². The number of rotatable bonds is 6. The largest absolute Gasteiger partial charge is 0.423 e. The van der Waals surface area contributed by atoms with E-state index in [2.05, 4.69) is 0 Å². The highest BCUT2D eigenvalue weighted by atomic mass is 35.5. The molecule has 10 heteroatoms. The van der Waals surface area contributed by atoms with Crippen molar-refractivity contribution in [3.8, 4) is 0 Å². The Hall–Kier alpha value is -3.07. The number of carbonyl (C=O) groups excluding carboxylic acids is 3. The quantitative estimate of drug-likeness (QED) is 0.300. The fourth-order valence-corrected chi connectivity index (χ4v) is 2.72. The maximum Gasteiger partial charge on any atom is 0.423 e. The van der Waals surface area contributed by atoms with Crippen LogP contribution in [0.25, 0.3) is 0 Å². The lowest BCUT2D eigenvalue weighted by molar-refractivity contribution is -0.388. The second-order valence-electron chi connectivity index (χ2n) is 5.74. The molecule has 0 aliphatic heterocycles. The summed E-state index contributed by atoms with van der Waals surface area (Å²) in [6.45, 7) is 0.899. The summed E-state index contributed by atoms with van der Waals surface area (Å²) in [6.07, 6.45) is -5.11. The lowest BCUT2D eigenvalue weighted by Gasteiger charge is -2.14. The summed E-state index contributed by atoms with van der Waals surface area (Å²) >= 11 is 5.71. The van der Waals surface area contributed by atoms with E-state index < -0.39 is 51.2 Å². The van der Waals surface area contributed by atoms with Gasteiger partial charge in [-0.2, -0.15) is 13.2 Å². The molecule has 0 saturated carbocycles. The minimum absolute atomic E-state index is 0.0902. The number of nitro benzene ring substituents is 1. The Kier molecular flexibility index (Phi) is 5.98. The Balaban J connectivity index is 2.61. The minimum atomic E-state index is -5.11. The van der Waals surface area contributed by atoms with Crippen LogP contribution in [0.2, 0.25) is 5.02 Å². The van der Waals surface area contributed by atoms with Crippen molar-refractivity contribution in [1.82, 2.24) is 0 Å². The second-order valence-corrected chi connectivity index (χ2v) is 6.17. The highest BCUT2D eigenvalue weighted by Gasteiger charge is 2.43. The zero-order chi connectivity index (χ0) is 21.2. The van der Waals surface area contributed by atoms with Crippen LogP contribution in [0, 0.1) is 16.0 Å². The topological polar surface area (TPSA) is 94.3 Å². The molecular formula is C18H11ClF3NO5. The van der Waals surface area contributed by atoms with Crippen molar-refractivity contribution in [3.05, 3.63) is 74.3 Å². The summed E-state index contributed by atoms with van der Waals surface area (Å²) in [6, 6.07) is 7.13. The van der Waals surface area contributed by atoms with Gasteiger partial charge in [-0.3, -0.25) is 24.5 Å². The standard InChI is InChI=1S/C18H11ClF3NO5/c1-9(24)14(16(25)10-5-7-11(19)8-6-10)17(26)12-3-2-4-13(18(20,21)22)15(12)23(27)28/h2-8,14H,1H3. The Morgan fingerprint density at radius 2 is 1.61 bits per heavy atom. The number of alkyl halides is 3. The number of para-hydroxylation sites is 1. The van der Waals surface area contributed by atoms with E-state index in [9.17, 15) is 37.7 Å². The van der Waals surface area contributed by atoms with E-state index >= 15 is 0 Å². The van der Waals surface area contributed by atoms with Crippen molar-refractivity contribution in [1.29, 1.82) is 0 Å². The van der Waals surface area contributed by atoms with Gasteiger partial charge in [0.05, 0.1) is 10.5 Å². The maximum absolute atomic E-state index is 13.1. The SMILES string of the molecule is CC(=O)C(C(=O)c1ccc(Cl)cc1)C(=O)c1cccc(C(F)(F)F)c1[N+](=O)[O-]. The first-order chi connectivity index (χ1) is 12.9. The van der Waals surface area contributed by atoms with Gasteiger partial charge in [0, 0.05) is 10.6 Å². The summed E-state index contributed by atoms with van der Waals surface area (Å²) in [4.78, 5) is 47.1. The summed E-state index contributed by atoms with van der Waals surface area (Å²) in [5.74, 6) is -5.37. The number of hydrogen-bond donors (Lipinski definition) is 0. The van der Waals surface area contributed by atoms with Gasteiger partial charge in [-0.15, -0.1) is 0 Å². The lowest BCUT2D eigenvalue weighted by atomic mass is 9.86. The molecule has 0 spiro atoms. The van der Waals surface area contributed by atoms with Gasteiger partial charge in [-0.25, -0.2) is 0 Å². The summed E-state index contributed by atoms with van der Waals surface area (Å²) in [5, 5.41) is 11.5. The molecule has 0 aromatic heterocycles. The van der Waals surface area contributed by atoms with E-state index in [1.54, 1.807) is 0 Å². The molecule has 2 rings (SSSR count). The first-order valence-electron chi connectivity index (χ1n) is 7.64. The first-order valence-corrected chi connectivity index (χ1v) is 8.02. The van der Waals surface area contributed by atoms with E-state index in [-0.39, 0.29) is 10.6 Å². The smallest absolute Gasteiger partial charge is 0.299 e. The van der Waals surface area contributed by atoms with Crippen molar-refractivity contribution in [3.63, 3.8) is 0 Å². The van der Waals surface area contributed by atoms with Crippen molar-refractivity contribution >= 4 is 34.6 Å². The van der Waals surface area contributed by atoms with Gasteiger partial charge in [0.2, 0.25) is 0 Å². The van der Waals surface area contributed by atoms with Crippen LogP contribution >= 0.6 is 11.6 Å². The molecule has 28 heavy (non-hydrogen) atoms. The molecular weight excluding hydrogens is 403 g/mol. The molecule has 0 radical (unpaired) electrons. The molecule has 6 nitrogen and oxygen atoms in total. The summed E-state index contributed by atoms with van der Waals surface area (Å²) in [7, 11) is 0. The van der Waals surface area contributed by atoms with Crippen molar-refractivity contribution < 1.29 is 32.5 Å². The number of ketones is 3. The fourth-order valence-electron chi connectivity index (χ4n) is 2.59. The van der Waals surface area contributed by atoms with Crippen LogP contribution in [0.15, 0.2) is 42.5 Å². The number of benzene rings is 2. The Labute approximate surface area is 161 Å². The molecule has 2 aromatic rings. The van der Waals surface area contributed by atoms with Crippen LogP contribution in [-0.4, -0.2) is 22.3 Å². The predicted octanol–water partition coefficient (Wildman–Crippen LogP) is 4.54. The van der Waals surface area contributed by atoms with Crippen LogP contribution < -0.4 is 0 Å². The predicted molar refractivity (Wildman–Crippen MR) is 92.4 cm³/mol. The molecule has 0 N–H and O–H groups in total. The molecule has 0 heterocycles. The molecule has 0 amide bonds. The molecule has 0 aliphatic carbocycles. The van der Waals surface area contributed by atoms with E-state index in [4.69, 9.17) is 11.6 Å². The van der Waals surface area contributed by atoms with E-state index in [1.807, 2.05) is 0 Å². The van der Waals surface area contributed by atoms with Gasteiger partial charge in [-0.1, -0.05) is 17.7 Å². The van der Waals surface area contributed by atoms with Gasteiger partial charge in [0.15, 0.2) is 11.6 Å². The summed E-state index contributed by atoms with van der Waals surface area (Å²) in [5.41, 5.74) is -4.21. The number of nitrogens with zero attached hydrogens (tertiary/aromatic N) is 1. The average Bonchev–Trinajstić information content (AvgIpc) is 2.60. The number of nitro groups is 1. The van der Waals surface area contributed by atoms with Gasteiger partial charge in [0.25, 0.3) is 5.69 Å². The highest BCUT2D eigenvalue weighted by molar-refractivity contribution is 6.31. The number of hydrogen-bond acceptors (Lipinski definition) is 5. The third-order valence-electron chi connectivity index (χ3n) is 3.85. The zero-order valence-corrected chi connectivity index (χ0v) is 14.9. The van der Waals surface area contributed by atoms with Crippen LogP contribution in [0.5, 0.6) is 0 Å².